The lowest BCUT2D eigenvalue weighted by molar-refractivity contribution is -0.134. The standard InChI is InChI=1S/C16H28N4O3/c1-11(2)9-14-17-18-16(23-14)12(3)19(4)10-15(22)20-7-5-13(21)6-8-20/h11-13,21H,5-10H2,1-4H3. The number of aliphatic hydroxyl groups is 1. The Morgan fingerprint density at radius 1 is 1.35 bits per heavy atom. The van der Waals surface area contributed by atoms with Gasteiger partial charge in [-0.05, 0) is 32.7 Å². The van der Waals surface area contributed by atoms with E-state index in [-0.39, 0.29) is 18.1 Å². The number of nitrogens with zero attached hydrogens (tertiary/aromatic N) is 4. The molecule has 1 aliphatic heterocycles. The van der Waals surface area contributed by atoms with E-state index in [2.05, 4.69) is 24.0 Å². The molecular formula is C16H28N4O3. The molecule has 130 valence electrons. The number of likely N-dealkylation sites (N-methyl/N-ethyl adjacent to an activating group) is 1. The van der Waals surface area contributed by atoms with Crippen molar-refractivity contribution in [2.75, 3.05) is 26.7 Å². The third-order valence-electron chi connectivity index (χ3n) is 4.29. The first kappa shape index (κ1) is 17.9. The summed E-state index contributed by atoms with van der Waals surface area (Å²) in [5.74, 6) is 1.73. The normalized spacial score (nSPS) is 18.0. The molecule has 0 spiro atoms. The average Bonchev–Trinajstić information content (AvgIpc) is 2.94. The quantitative estimate of drug-likeness (QED) is 0.848. The number of hydrogen-bond donors (Lipinski definition) is 1. The van der Waals surface area contributed by atoms with E-state index in [1.165, 1.54) is 0 Å². The van der Waals surface area contributed by atoms with Crippen molar-refractivity contribution in [2.45, 2.75) is 52.2 Å². The molecule has 1 amide bonds. The molecule has 7 nitrogen and oxygen atoms in total. The van der Waals surface area contributed by atoms with Crippen molar-refractivity contribution in [3.63, 3.8) is 0 Å². The van der Waals surface area contributed by atoms with Crippen LogP contribution in [0.3, 0.4) is 0 Å². The number of aliphatic hydroxyl groups excluding tert-OH is 1. The second kappa shape index (κ2) is 7.88. The zero-order valence-corrected chi connectivity index (χ0v) is 14.5. The highest BCUT2D eigenvalue weighted by molar-refractivity contribution is 5.78. The molecule has 0 aromatic carbocycles. The predicted octanol–water partition coefficient (Wildman–Crippen LogP) is 1.24. The van der Waals surface area contributed by atoms with Crippen molar-refractivity contribution in [1.82, 2.24) is 20.0 Å². The predicted molar refractivity (Wildman–Crippen MR) is 85.7 cm³/mol. The molecule has 1 unspecified atom stereocenters. The number of aromatic nitrogens is 2. The summed E-state index contributed by atoms with van der Waals surface area (Å²) in [4.78, 5) is 16.1. The summed E-state index contributed by atoms with van der Waals surface area (Å²) in [5, 5.41) is 17.7. The number of hydrogen-bond acceptors (Lipinski definition) is 6. The van der Waals surface area contributed by atoms with E-state index < -0.39 is 0 Å². The third kappa shape index (κ3) is 5.00. The zero-order valence-electron chi connectivity index (χ0n) is 14.5. The summed E-state index contributed by atoms with van der Waals surface area (Å²) in [6.45, 7) is 7.73. The van der Waals surface area contributed by atoms with Gasteiger partial charge < -0.3 is 14.4 Å². The van der Waals surface area contributed by atoms with E-state index in [0.717, 1.165) is 6.42 Å². The Labute approximate surface area is 137 Å². The van der Waals surface area contributed by atoms with E-state index in [0.29, 0.717) is 50.2 Å². The van der Waals surface area contributed by atoms with Crippen LogP contribution in [0, 0.1) is 5.92 Å². The van der Waals surface area contributed by atoms with Crippen molar-refractivity contribution in [1.29, 1.82) is 0 Å². The molecule has 1 aromatic heterocycles. The Kier molecular flexibility index (Phi) is 6.12. The summed E-state index contributed by atoms with van der Waals surface area (Å²) < 4.78 is 5.70. The van der Waals surface area contributed by atoms with Crippen LogP contribution in [0.15, 0.2) is 4.42 Å². The van der Waals surface area contributed by atoms with Crippen LogP contribution in [0.4, 0.5) is 0 Å². The Morgan fingerprint density at radius 3 is 2.61 bits per heavy atom. The maximum absolute atomic E-state index is 12.3. The highest BCUT2D eigenvalue weighted by Gasteiger charge is 2.25. The number of rotatable bonds is 6. The molecule has 0 radical (unpaired) electrons. The van der Waals surface area contributed by atoms with E-state index in [1.807, 2.05) is 23.8 Å². The SMILES string of the molecule is CC(C)Cc1nnc(C(C)N(C)CC(=O)N2CCC(O)CC2)o1. The van der Waals surface area contributed by atoms with Gasteiger partial charge in [0.1, 0.15) is 0 Å². The Bertz CT molecular complexity index is 509. The van der Waals surface area contributed by atoms with Crippen LogP contribution >= 0.6 is 0 Å². The topological polar surface area (TPSA) is 82.7 Å². The Hall–Kier alpha value is -1.47. The monoisotopic (exact) mass is 324 g/mol. The molecule has 1 N–H and O–H groups in total. The highest BCUT2D eigenvalue weighted by atomic mass is 16.4. The van der Waals surface area contributed by atoms with E-state index >= 15 is 0 Å². The molecule has 1 saturated heterocycles. The van der Waals surface area contributed by atoms with Gasteiger partial charge in [-0.2, -0.15) is 0 Å². The molecule has 0 saturated carbocycles. The smallest absolute Gasteiger partial charge is 0.236 e. The van der Waals surface area contributed by atoms with Gasteiger partial charge in [-0.25, -0.2) is 0 Å². The van der Waals surface area contributed by atoms with Crippen LogP contribution in [-0.2, 0) is 11.2 Å². The Balaban J connectivity index is 1.87. The van der Waals surface area contributed by atoms with Gasteiger partial charge in [0, 0.05) is 19.5 Å². The van der Waals surface area contributed by atoms with Gasteiger partial charge in [0.2, 0.25) is 17.7 Å². The number of likely N-dealkylation sites (tertiary alicyclic amines) is 1. The lowest BCUT2D eigenvalue weighted by atomic mass is 10.1. The molecule has 1 aromatic rings. The largest absolute Gasteiger partial charge is 0.424 e. The number of piperidine rings is 1. The molecule has 0 aliphatic carbocycles. The van der Waals surface area contributed by atoms with E-state index in [1.54, 1.807) is 0 Å². The molecule has 7 heteroatoms. The van der Waals surface area contributed by atoms with Gasteiger partial charge in [-0.15, -0.1) is 10.2 Å². The fraction of sp³-hybridized carbons (Fsp3) is 0.812. The number of carbonyl (C=O) groups is 1. The highest BCUT2D eigenvalue weighted by Crippen LogP contribution is 2.19. The minimum Gasteiger partial charge on any atom is -0.424 e. The van der Waals surface area contributed by atoms with Gasteiger partial charge in [-0.1, -0.05) is 13.8 Å². The summed E-state index contributed by atoms with van der Waals surface area (Å²) >= 11 is 0. The molecule has 2 heterocycles. The van der Waals surface area contributed by atoms with Crippen LogP contribution in [0.2, 0.25) is 0 Å². The molecule has 1 aliphatic rings. The second-order valence-electron chi connectivity index (χ2n) is 6.84. The third-order valence-corrected chi connectivity index (χ3v) is 4.29. The minimum atomic E-state index is -0.270. The molecule has 0 bridgehead atoms. The maximum atomic E-state index is 12.3. The van der Waals surface area contributed by atoms with Crippen molar-refractivity contribution in [3.05, 3.63) is 11.8 Å². The summed E-state index contributed by atoms with van der Waals surface area (Å²) in [6, 6.07) is -0.109. The van der Waals surface area contributed by atoms with Crippen molar-refractivity contribution in [2.24, 2.45) is 5.92 Å². The van der Waals surface area contributed by atoms with Crippen LogP contribution in [0.25, 0.3) is 0 Å². The van der Waals surface area contributed by atoms with Gasteiger partial charge >= 0.3 is 0 Å². The number of carbonyl (C=O) groups excluding carboxylic acids is 1. The average molecular weight is 324 g/mol. The summed E-state index contributed by atoms with van der Waals surface area (Å²) in [6.07, 6.45) is 1.81. The van der Waals surface area contributed by atoms with Crippen molar-refractivity contribution >= 4 is 5.91 Å². The fourth-order valence-corrected chi connectivity index (χ4v) is 2.62. The van der Waals surface area contributed by atoms with E-state index in [9.17, 15) is 9.90 Å². The Morgan fingerprint density at radius 2 is 2.00 bits per heavy atom. The first-order valence-electron chi connectivity index (χ1n) is 8.35. The van der Waals surface area contributed by atoms with Gasteiger partial charge in [-0.3, -0.25) is 9.69 Å². The zero-order chi connectivity index (χ0) is 17.0. The summed E-state index contributed by atoms with van der Waals surface area (Å²) in [5.41, 5.74) is 0. The first-order chi connectivity index (χ1) is 10.9. The maximum Gasteiger partial charge on any atom is 0.236 e. The number of amides is 1. The molecule has 23 heavy (non-hydrogen) atoms. The minimum absolute atomic E-state index is 0.0770. The van der Waals surface area contributed by atoms with Gasteiger partial charge in [0.25, 0.3) is 0 Å². The van der Waals surface area contributed by atoms with Crippen molar-refractivity contribution in [3.8, 4) is 0 Å². The summed E-state index contributed by atoms with van der Waals surface area (Å²) in [7, 11) is 1.88. The molecule has 2 rings (SSSR count). The van der Waals surface area contributed by atoms with Crippen molar-refractivity contribution < 1.29 is 14.3 Å². The van der Waals surface area contributed by atoms with Crippen LogP contribution in [0.1, 0.15) is 51.4 Å². The molecular weight excluding hydrogens is 296 g/mol. The van der Waals surface area contributed by atoms with Gasteiger partial charge in [0.05, 0.1) is 18.7 Å². The van der Waals surface area contributed by atoms with Crippen LogP contribution in [0.5, 0.6) is 0 Å². The van der Waals surface area contributed by atoms with Gasteiger partial charge in [0.15, 0.2) is 0 Å². The lowest BCUT2D eigenvalue weighted by Crippen LogP contribution is -2.44. The van der Waals surface area contributed by atoms with Crippen LogP contribution < -0.4 is 0 Å². The second-order valence-corrected chi connectivity index (χ2v) is 6.84. The van der Waals surface area contributed by atoms with E-state index in [4.69, 9.17) is 4.42 Å². The molecule has 1 atom stereocenters. The van der Waals surface area contributed by atoms with Crippen LogP contribution in [-0.4, -0.2) is 63.8 Å². The molecule has 1 fully saturated rings. The first-order valence-corrected chi connectivity index (χ1v) is 8.35. The fourth-order valence-electron chi connectivity index (χ4n) is 2.62. The lowest BCUT2D eigenvalue weighted by Gasteiger charge is -2.31.